The van der Waals surface area contributed by atoms with Crippen LogP contribution in [0.3, 0.4) is 0 Å². The van der Waals surface area contributed by atoms with E-state index in [1.807, 2.05) is 6.92 Å². The minimum absolute atomic E-state index is 0.498. The van der Waals surface area contributed by atoms with Gasteiger partial charge in [-0.05, 0) is 44.4 Å². The van der Waals surface area contributed by atoms with Crippen LogP contribution in [0.1, 0.15) is 30.9 Å². The number of hydrogen-bond donors (Lipinski definition) is 2. The summed E-state index contributed by atoms with van der Waals surface area (Å²) in [6, 6.07) is 5.95. The minimum atomic E-state index is -0.766. The van der Waals surface area contributed by atoms with Gasteiger partial charge in [-0.2, -0.15) is 0 Å². The van der Waals surface area contributed by atoms with E-state index in [-0.39, 0.29) is 0 Å². The highest BCUT2D eigenvalue weighted by Gasteiger charge is 2.23. The third-order valence-electron chi connectivity index (χ3n) is 3.79. The Morgan fingerprint density at radius 1 is 1.50 bits per heavy atom. The van der Waals surface area contributed by atoms with Crippen LogP contribution in [0.25, 0.3) is 0 Å². The van der Waals surface area contributed by atoms with Crippen molar-refractivity contribution in [1.82, 2.24) is 5.32 Å². The molecule has 0 aromatic heterocycles. The van der Waals surface area contributed by atoms with Gasteiger partial charge in [-0.3, -0.25) is 4.79 Å². The number of carbonyl (C=O) groups is 1. The maximum atomic E-state index is 11.4. The smallest absolute Gasteiger partial charge is 0.322 e. The molecule has 0 radical (unpaired) electrons. The van der Waals surface area contributed by atoms with Gasteiger partial charge in [-0.15, -0.1) is 0 Å². The SMILES string of the molecule is CCCNC(CN1CCCc2cc(C)ccc21)C(=O)O. The summed E-state index contributed by atoms with van der Waals surface area (Å²) in [6.07, 6.45) is 3.13. The summed E-state index contributed by atoms with van der Waals surface area (Å²) < 4.78 is 0. The lowest BCUT2D eigenvalue weighted by Crippen LogP contribution is -2.47. The van der Waals surface area contributed by atoms with E-state index in [1.165, 1.54) is 16.8 Å². The molecule has 0 saturated carbocycles. The highest BCUT2D eigenvalue weighted by Crippen LogP contribution is 2.27. The van der Waals surface area contributed by atoms with Crippen LogP contribution in [0.15, 0.2) is 18.2 Å². The predicted molar refractivity (Wildman–Crippen MR) is 81.4 cm³/mol. The summed E-state index contributed by atoms with van der Waals surface area (Å²) in [4.78, 5) is 13.6. The second kappa shape index (κ2) is 6.75. The van der Waals surface area contributed by atoms with Crippen molar-refractivity contribution in [2.45, 2.75) is 39.2 Å². The van der Waals surface area contributed by atoms with Crippen LogP contribution in [-0.2, 0) is 11.2 Å². The van der Waals surface area contributed by atoms with E-state index in [0.717, 1.165) is 32.4 Å². The first kappa shape index (κ1) is 14.9. The fourth-order valence-electron chi connectivity index (χ4n) is 2.76. The van der Waals surface area contributed by atoms with Gasteiger partial charge in [-0.25, -0.2) is 0 Å². The zero-order valence-electron chi connectivity index (χ0n) is 12.4. The second-order valence-corrected chi connectivity index (χ2v) is 5.53. The van der Waals surface area contributed by atoms with Crippen molar-refractivity contribution in [1.29, 1.82) is 0 Å². The molecule has 1 aliphatic heterocycles. The molecule has 0 bridgehead atoms. The van der Waals surface area contributed by atoms with Crippen LogP contribution in [0.5, 0.6) is 0 Å². The van der Waals surface area contributed by atoms with Crippen molar-refractivity contribution < 1.29 is 9.90 Å². The summed E-state index contributed by atoms with van der Waals surface area (Å²) in [5.74, 6) is -0.766. The van der Waals surface area contributed by atoms with Gasteiger partial charge in [0.15, 0.2) is 0 Å². The van der Waals surface area contributed by atoms with E-state index in [4.69, 9.17) is 0 Å². The second-order valence-electron chi connectivity index (χ2n) is 5.53. The molecule has 0 aliphatic carbocycles. The van der Waals surface area contributed by atoms with Gasteiger partial charge < -0.3 is 15.3 Å². The highest BCUT2D eigenvalue weighted by atomic mass is 16.4. The van der Waals surface area contributed by atoms with E-state index < -0.39 is 12.0 Å². The number of aryl methyl sites for hydroxylation is 2. The number of carboxylic acids is 1. The van der Waals surface area contributed by atoms with Gasteiger partial charge in [0.25, 0.3) is 0 Å². The number of hydrogen-bond acceptors (Lipinski definition) is 3. The molecule has 1 atom stereocenters. The molecule has 1 aromatic carbocycles. The average Bonchev–Trinajstić information content (AvgIpc) is 2.42. The number of nitrogens with one attached hydrogen (secondary N) is 1. The highest BCUT2D eigenvalue weighted by molar-refractivity contribution is 5.74. The van der Waals surface area contributed by atoms with Crippen LogP contribution in [-0.4, -0.2) is 36.8 Å². The Kier molecular flexibility index (Phi) is 5.01. The first-order chi connectivity index (χ1) is 9.61. The lowest BCUT2D eigenvalue weighted by Gasteiger charge is -2.33. The van der Waals surface area contributed by atoms with Crippen molar-refractivity contribution in [3.05, 3.63) is 29.3 Å². The average molecular weight is 276 g/mol. The number of benzene rings is 1. The number of fused-ring (bicyclic) bond motifs is 1. The maximum Gasteiger partial charge on any atom is 0.322 e. The van der Waals surface area contributed by atoms with Gasteiger partial charge in [0.1, 0.15) is 6.04 Å². The molecule has 0 spiro atoms. The molecular formula is C16H24N2O2. The normalized spacial score (nSPS) is 15.8. The molecule has 4 heteroatoms. The third kappa shape index (κ3) is 3.51. The first-order valence-electron chi connectivity index (χ1n) is 7.42. The summed E-state index contributed by atoms with van der Waals surface area (Å²) in [5, 5.41) is 12.5. The Bertz CT molecular complexity index is 474. The topological polar surface area (TPSA) is 52.6 Å². The summed E-state index contributed by atoms with van der Waals surface area (Å²) in [7, 11) is 0. The summed E-state index contributed by atoms with van der Waals surface area (Å²) >= 11 is 0. The van der Waals surface area contributed by atoms with E-state index in [9.17, 15) is 9.90 Å². The molecule has 1 aliphatic rings. The lowest BCUT2D eigenvalue weighted by atomic mass is 9.99. The molecule has 0 saturated heterocycles. The standard InChI is InChI=1S/C16H24N2O2/c1-3-8-17-14(16(19)20)11-18-9-4-5-13-10-12(2)6-7-15(13)18/h6-7,10,14,17H,3-5,8-9,11H2,1-2H3,(H,19,20). The number of carboxylic acid groups (broad SMARTS) is 1. The van der Waals surface area contributed by atoms with Crippen molar-refractivity contribution in [2.24, 2.45) is 0 Å². The van der Waals surface area contributed by atoms with Gasteiger partial charge >= 0.3 is 5.97 Å². The van der Waals surface area contributed by atoms with Crippen LogP contribution in [0.4, 0.5) is 5.69 Å². The summed E-state index contributed by atoms with van der Waals surface area (Å²) in [6.45, 7) is 6.36. The summed E-state index contributed by atoms with van der Waals surface area (Å²) in [5.41, 5.74) is 3.81. The van der Waals surface area contributed by atoms with Crippen LogP contribution in [0, 0.1) is 6.92 Å². The van der Waals surface area contributed by atoms with E-state index >= 15 is 0 Å². The molecule has 1 heterocycles. The molecule has 4 nitrogen and oxygen atoms in total. The molecule has 20 heavy (non-hydrogen) atoms. The van der Waals surface area contributed by atoms with Gasteiger partial charge in [0.05, 0.1) is 0 Å². The predicted octanol–water partition coefficient (Wildman–Crippen LogP) is 2.20. The number of nitrogens with zero attached hydrogens (tertiary/aromatic N) is 1. The van der Waals surface area contributed by atoms with Crippen LogP contribution >= 0.6 is 0 Å². The molecule has 2 N–H and O–H groups in total. The van der Waals surface area contributed by atoms with Crippen LogP contribution < -0.4 is 10.2 Å². The van der Waals surface area contributed by atoms with Gasteiger partial charge in [-0.1, -0.05) is 24.6 Å². The molecule has 0 amide bonds. The lowest BCUT2D eigenvalue weighted by molar-refractivity contribution is -0.139. The molecule has 0 fully saturated rings. The molecule has 2 rings (SSSR count). The Labute approximate surface area is 120 Å². The molecule has 1 aromatic rings. The Hall–Kier alpha value is -1.55. The Morgan fingerprint density at radius 3 is 3.00 bits per heavy atom. The Balaban J connectivity index is 2.12. The zero-order valence-corrected chi connectivity index (χ0v) is 12.4. The van der Waals surface area contributed by atoms with Crippen LogP contribution in [0.2, 0.25) is 0 Å². The maximum absolute atomic E-state index is 11.4. The van der Waals surface area contributed by atoms with E-state index in [0.29, 0.717) is 6.54 Å². The first-order valence-corrected chi connectivity index (χ1v) is 7.42. The van der Waals surface area contributed by atoms with Crippen molar-refractivity contribution in [2.75, 3.05) is 24.5 Å². The number of rotatable bonds is 6. The minimum Gasteiger partial charge on any atom is -0.480 e. The quantitative estimate of drug-likeness (QED) is 0.836. The fourth-order valence-corrected chi connectivity index (χ4v) is 2.76. The Morgan fingerprint density at radius 2 is 2.30 bits per heavy atom. The number of anilines is 1. The molecule has 1 unspecified atom stereocenters. The van der Waals surface area contributed by atoms with E-state index in [2.05, 4.69) is 35.3 Å². The fraction of sp³-hybridized carbons (Fsp3) is 0.562. The van der Waals surface area contributed by atoms with Gasteiger partial charge in [0, 0.05) is 18.8 Å². The largest absolute Gasteiger partial charge is 0.480 e. The van der Waals surface area contributed by atoms with E-state index in [1.54, 1.807) is 0 Å². The van der Waals surface area contributed by atoms with Gasteiger partial charge in [0.2, 0.25) is 0 Å². The number of aliphatic carboxylic acids is 1. The third-order valence-corrected chi connectivity index (χ3v) is 3.79. The van der Waals surface area contributed by atoms with Crippen molar-refractivity contribution >= 4 is 11.7 Å². The molecule has 110 valence electrons. The molecular weight excluding hydrogens is 252 g/mol. The van der Waals surface area contributed by atoms with Crippen molar-refractivity contribution in [3.63, 3.8) is 0 Å². The zero-order chi connectivity index (χ0) is 14.5. The monoisotopic (exact) mass is 276 g/mol. The van der Waals surface area contributed by atoms with Crippen molar-refractivity contribution in [3.8, 4) is 0 Å².